The van der Waals surface area contributed by atoms with E-state index >= 15 is 0 Å². The highest BCUT2D eigenvalue weighted by Gasteiger charge is 2.38. The number of aromatic amines is 1. The molecule has 4 nitrogen and oxygen atoms in total. The topological polar surface area (TPSA) is 49.0 Å². The lowest BCUT2D eigenvalue weighted by atomic mass is 10.1. The lowest BCUT2D eigenvalue weighted by Crippen LogP contribution is -2.33. The van der Waals surface area contributed by atoms with Crippen molar-refractivity contribution in [2.75, 3.05) is 11.4 Å². The van der Waals surface area contributed by atoms with Crippen molar-refractivity contribution in [3.8, 4) is 0 Å². The quantitative estimate of drug-likeness (QED) is 0.746. The van der Waals surface area contributed by atoms with Gasteiger partial charge in [0, 0.05) is 18.7 Å². The third kappa shape index (κ3) is 1.44. The van der Waals surface area contributed by atoms with Gasteiger partial charge in [0.05, 0.1) is 0 Å². The number of hydrogen-bond donors (Lipinski definition) is 1. The van der Waals surface area contributed by atoms with Crippen molar-refractivity contribution in [3.63, 3.8) is 0 Å². The summed E-state index contributed by atoms with van der Waals surface area (Å²) in [5.41, 5.74) is -0.0414. The van der Waals surface area contributed by atoms with Crippen LogP contribution in [0.4, 0.5) is 5.82 Å². The molecule has 1 aromatic rings. The van der Waals surface area contributed by atoms with Crippen LogP contribution in [-0.2, 0) is 0 Å². The normalized spacial score (nSPS) is 28.7. The van der Waals surface area contributed by atoms with E-state index in [1.807, 2.05) is 6.92 Å². The zero-order chi connectivity index (χ0) is 10.4. The second-order valence-corrected chi connectivity index (χ2v) is 4.67. The van der Waals surface area contributed by atoms with Crippen LogP contribution in [-0.4, -0.2) is 22.6 Å². The molecule has 1 aliphatic carbocycles. The first kappa shape index (κ1) is 8.95. The predicted molar refractivity (Wildman–Crippen MR) is 58.1 cm³/mol. The number of aryl methyl sites for hydroxylation is 1. The van der Waals surface area contributed by atoms with E-state index in [0.717, 1.165) is 18.3 Å². The van der Waals surface area contributed by atoms with E-state index in [9.17, 15) is 4.79 Å². The molecule has 0 spiro atoms. The summed E-state index contributed by atoms with van der Waals surface area (Å²) in [5, 5.41) is 0. The third-order valence-electron chi connectivity index (χ3n) is 3.55. The molecule has 1 saturated heterocycles. The number of nitrogens with zero attached hydrogens (tertiary/aromatic N) is 2. The standard InChI is InChI=1S/C11H15N3O/c1-7-12-10(5-11(15)13-7)14-6-8-2-3-9(14)4-8/h5,8-9H,2-4,6H2,1H3,(H,12,13,15). The first-order chi connectivity index (χ1) is 7.22. The first-order valence-corrected chi connectivity index (χ1v) is 5.57. The van der Waals surface area contributed by atoms with Crippen LogP contribution in [0, 0.1) is 12.8 Å². The number of piperidine rings is 1. The molecule has 2 aliphatic rings. The highest BCUT2D eigenvalue weighted by Crippen LogP contribution is 2.39. The smallest absolute Gasteiger partial charge is 0.252 e. The van der Waals surface area contributed by atoms with Gasteiger partial charge in [-0.05, 0) is 32.1 Å². The van der Waals surface area contributed by atoms with Gasteiger partial charge in [0.15, 0.2) is 0 Å². The van der Waals surface area contributed by atoms with Gasteiger partial charge in [-0.3, -0.25) is 4.79 Å². The van der Waals surface area contributed by atoms with E-state index < -0.39 is 0 Å². The van der Waals surface area contributed by atoms with Crippen molar-refractivity contribution in [2.24, 2.45) is 5.92 Å². The maximum Gasteiger partial charge on any atom is 0.252 e. The van der Waals surface area contributed by atoms with Gasteiger partial charge in [0.2, 0.25) is 0 Å². The molecule has 1 aromatic heterocycles. The average Bonchev–Trinajstić information content (AvgIpc) is 2.76. The Labute approximate surface area is 88.3 Å². The van der Waals surface area contributed by atoms with Crippen molar-refractivity contribution in [2.45, 2.75) is 32.2 Å². The van der Waals surface area contributed by atoms with Gasteiger partial charge in [0.25, 0.3) is 5.56 Å². The maximum absolute atomic E-state index is 11.4. The van der Waals surface area contributed by atoms with Crippen LogP contribution < -0.4 is 10.5 Å². The molecular formula is C11H15N3O. The highest BCUT2D eigenvalue weighted by atomic mass is 16.1. The fourth-order valence-corrected chi connectivity index (χ4v) is 2.92. The summed E-state index contributed by atoms with van der Waals surface area (Å²) in [6.07, 6.45) is 3.90. The molecule has 2 heterocycles. The Kier molecular flexibility index (Phi) is 1.84. The number of rotatable bonds is 1. The van der Waals surface area contributed by atoms with Gasteiger partial charge >= 0.3 is 0 Å². The number of aromatic nitrogens is 2. The summed E-state index contributed by atoms with van der Waals surface area (Å²) in [7, 11) is 0. The van der Waals surface area contributed by atoms with Gasteiger partial charge in [-0.25, -0.2) is 4.98 Å². The summed E-state index contributed by atoms with van der Waals surface area (Å²) >= 11 is 0. The van der Waals surface area contributed by atoms with E-state index in [2.05, 4.69) is 14.9 Å². The molecule has 80 valence electrons. The Balaban J connectivity index is 1.96. The molecule has 2 fully saturated rings. The Morgan fingerprint density at radius 2 is 2.40 bits per heavy atom. The number of anilines is 1. The summed E-state index contributed by atoms with van der Waals surface area (Å²) < 4.78 is 0. The Hall–Kier alpha value is -1.32. The molecule has 2 unspecified atom stereocenters. The minimum atomic E-state index is -0.0414. The molecule has 2 bridgehead atoms. The number of nitrogens with one attached hydrogen (secondary N) is 1. The number of H-pyrrole nitrogens is 1. The van der Waals surface area contributed by atoms with Crippen LogP contribution in [0.15, 0.2) is 10.9 Å². The van der Waals surface area contributed by atoms with Crippen molar-refractivity contribution >= 4 is 5.82 Å². The van der Waals surface area contributed by atoms with Gasteiger partial charge in [-0.2, -0.15) is 0 Å². The second-order valence-electron chi connectivity index (χ2n) is 4.67. The first-order valence-electron chi connectivity index (χ1n) is 5.57. The van der Waals surface area contributed by atoms with Crippen LogP contribution in [0.25, 0.3) is 0 Å². The molecule has 1 saturated carbocycles. The van der Waals surface area contributed by atoms with Crippen molar-refractivity contribution in [1.82, 2.24) is 9.97 Å². The van der Waals surface area contributed by atoms with Crippen molar-refractivity contribution in [3.05, 3.63) is 22.2 Å². The molecule has 0 aromatic carbocycles. The molecule has 15 heavy (non-hydrogen) atoms. The van der Waals surface area contributed by atoms with E-state index in [-0.39, 0.29) is 5.56 Å². The van der Waals surface area contributed by atoms with E-state index in [1.54, 1.807) is 6.07 Å². The Morgan fingerprint density at radius 1 is 1.53 bits per heavy atom. The fraction of sp³-hybridized carbons (Fsp3) is 0.636. The van der Waals surface area contributed by atoms with E-state index in [0.29, 0.717) is 11.9 Å². The number of fused-ring (bicyclic) bond motifs is 2. The van der Waals surface area contributed by atoms with Crippen LogP contribution >= 0.6 is 0 Å². The third-order valence-corrected chi connectivity index (χ3v) is 3.55. The minimum absolute atomic E-state index is 0.0414. The summed E-state index contributed by atoms with van der Waals surface area (Å²) in [6, 6.07) is 2.25. The van der Waals surface area contributed by atoms with Crippen LogP contribution in [0.5, 0.6) is 0 Å². The van der Waals surface area contributed by atoms with E-state index in [1.165, 1.54) is 19.3 Å². The lowest BCUT2D eigenvalue weighted by molar-refractivity contribution is 0.549. The molecule has 2 atom stereocenters. The van der Waals surface area contributed by atoms with Gasteiger partial charge in [-0.15, -0.1) is 0 Å². The Bertz CT molecular complexity index is 440. The molecule has 4 heteroatoms. The maximum atomic E-state index is 11.4. The monoisotopic (exact) mass is 205 g/mol. The summed E-state index contributed by atoms with van der Waals surface area (Å²) in [4.78, 5) is 20.7. The zero-order valence-electron chi connectivity index (χ0n) is 8.86. The largest absolute Gasteiger partial charge is 0.353 e. The second kappa shape index (κ2) is 3.08. The SMILES string of the molecule is Cc1nc(N2CC3CCC2C3)cc(=O)[nH]1. The van der Waals surface area contributed by atoms with Crippen LogP contribution in [0.1, 0.15) is 25.1 Å². The molecule has 0 radical (unpaired) electrons. The van der Waals surface area contributed by atoms with Gasteiger partial charge in [0.1, 0.15) is 11.6 Å². The lowest BCUT2D eigenvalue weighted by Gasteiger charge is -2.27. The van der Waals surface area contributed by atoms with E-state index in [4.69, 9.17) is 0 Å². The van der Waals surface area contributed by atoms with Crippen molar-refractivity contribution < 1.29 is 0 Å². The Morgan fingerprint density at radius 3 is 3.00 bits per heavy atom. The molecule has 1 aliphatic heterocycles. The van der Waals surface area contributed by atoms with Crippen LogP contribution in [0.2, 0.25) is 0 Å². The van der Waals surface area contributed by atoms with Gasteiger partial charge < -0.3 is 9.88 Å². The summed E-state index contributed by atoms with van der Waals surface area (Å²) in [5.74, 6) is 2.40. The molecule has 3 rings (SSSR count). The minimum Gasteiger partial charge on any atom is -0.353 e. The molecular weight excluding hydrogens is 190 g/mol. The predicted octanol–water partition coefficient (Wildman–Crippen LogP) is 1.07. The van der Waals surface area contributed by atoms with Crippen LogP contribution in [0.3, 0.4) is 0 Å². The summed E-state index contributed by atoms with van der Waals surface area (Å²) in [6.45, 7) is 2.92. The van der Waals surface area contributed by atoms with Crippen molar-refractivity contribution in [1.29, 1.82) is 0 Å². The van der Waals surface area contributed by atoms with Gasteiger partial charge in [-0.1, -0.05) is 0 Å². The molecule has 0 amide bonds. The highest BCUT2D eigenvalue weighted by molar-refractivity contribution is 5.41. The zero-order valence-corrected chi connectivity index (χ0v) is 8.86. The number of hydrogen-bond acceptors (Lipinski definition) is 3. The fourth-order valence-electron chi connectivity index (χ4n) is 2.92. The average molecular weight is 205 g/mol. The molecule has 1 N–H and O–H groups in total.